The average Bonchev–Trinajstić information content (AvgIpc) is 3.07. The number of ether oxygens (including phenoxy) is 3. The molecule has 0 aliphatic carbocycles. The van der Waals surface area contributed by atoms with Crippen molar-refractivity contribution >= 4 is 37.0 Å². The van der Waals surface area contributed by atoms with Crippen LogP contribution < -0.4 is 11.4 Å². The summed E-state index contributed by atoms with van der Waals surface area (Å²) in [6.07, 6.45) is -5.33. The average molecular weight is 600 g/mol. The number of alkyl halides is 2. The van der Waals surface area contributed by atoms with Crippen LogP contribution in [0.3, 0.4) is 0 Å². The highest BCUT2D eigenvalue weighted by Crippen LogP contribution is 2.52. The number of anilines is 1. The van der Waals surface area contributed by atoms with Gasteiger partial charge in [-0.2, -0.15) is 4.98 Å². The smallest absolute Gasteiger partial charge is 0.351 e. The van der Waals surface area contributed by atoms with E-state index in [1.165, 1.54) is 6.07 Å². The molecule has 1 saturated heterocycles. The monoisotopic (exact) mass is 599 g/mol. The maximum Gasteiger partial charge on any atom is 0.351 e. The van der Waals surface area contributed by atoms with Crippen molar-refractivity contribution in [3.8, 4) is 0 Å². The van der Waals surface area contributed by atoms with E-state index in [0.717, 1.165) is 10.8 Å². The summed E-state index contributed by atoms with van der Waals surface area (Å²) in [6, 6.07) is 1.25. The van der Waals surface area contributed by atoms with Gasteiger partial charge in [0.15, 0.2) is 12.4 Å². The lowest BCUT2D eigenvalue weighted by atomic mass is 9.95. The third kappa shape index (κ3) is 8.45. The van der Waals surface area contributed by atoms with E-state index < -0.39 is 85.8 Å². The number of nitrogen functional groups attached to an aromatic ring is 1. The van der Waals surface area contributed by atoms with Crippen LogP contribution >= 0.6 is 19.2 Å². The normalized spacial score (nSPS) is 24.0. The first-order valence-electron chi connectivity index (χ1n) is 12.0. The van der Waals surface area contributed by atoms with E-state index in [2.05, 4.69) is 4.98 Å². The Balaban J connectivity index is 2.21. The van der Waals surface area contributed by atoms with Gasteiger partial charge >= 0.3 is 25.2 Å². The van der Waals surface area contributed by atoms with Crippen molar-refractivity contribution < 1.29 is 46.9 Å². The van der Waals surface area contributed by atoms with E-state index in [1.54, 1.807) is 41.5 Å². The highest BCUT2D eigenvalue weighted by Gasteiger charge is 2.56. The van der Waals surface area contributed by atoms with E-state index in [1.807, 2.05) is 0 Å². The van der Waals surface area contributed by atoms with Gasteiger partial charge in [-0.1, -0.05) is 0 Å². The minimum atomic E-state index is -4.22. The van der Waals surface area contributed by atoms with Gasteiger partial charge in [-0.3, -0.25) is 27.8 Å². The number of esters is 2. The summed E-state index contributed by atoms with van der Waals surface area (Å²) in [5.74, 6) is -1.86. The molecule has 39 heavy (non-hydrogen) atoms. The van der Waals surface area contributed by atoms with Crippen LogP contribution in [0.5, 0.6) is 0 Å². The Morgan fingerprint density at radius 1 is 1.18 bits per heavy atom. The molecule has 0 unspecified atom stereocenters. The van der Waals surface area contributed by atoms with E-state index in [9.17, 15) is 24.1 Å². The summed E-state index contributed by atoms with van der Waals surface area (Å²) >= 11 is 6.08. The molecule has 222 valence electrons. The Bertz CT molecular complexity index is 1100. The second kappa shape index (κ2) is 12.6. The third-order valence-electron chi connectivity index (χ3n) is 5.73. The van der Waals surface area contributed by atoms with Gasteiger partial charge in [-0.25, -0.2) is 9.18 Å². The predicted octanol–water partition coefficient (Wildman–Crippen LogP) is 2.74. The van der Waals surface area contributed by atoms with Gasteiger partial charge in [0.1, 0.15) is 17.5 Å². The summed E-state index contributed by atoms with van der Waals surface area (Å²) in [7, 11) is -4.22. The first kappa shape index (κ1) is 33.1. The molecule has 0 saturated carbocycles. The molecule has 0 spiro atoms. The van der Waals surface area contributed by atoms with E-state index >= 15 is 4.39 Å². The SMILES string of the molecule is CC(C)(C)C(=O)OCOP(=O)(CC[C@@]1(CCl)O[C@@H](n2ccc(N)nc2=O)[C@H](F)[C@@H]1O)OCOC(=O)C(C)(C)C. The number of nitrogens with zero attached hydrogens (tertiary/aromatic N) is 2. The second-order valence-corrected chi connectivity index (χ2v) is 13.5. The van der Waals surface area contributed by atoms with Gasteiger partial charge in [0, 0.05) is 6.20 Å². The van der Waals surface area contributed by atoms with Crippen molar-refractivity contribution in [1.82, 2.24) is 9.55 Å². The Morgan fingerprint density at radius 2 is 1.69 bits per heavy atom. The van der Waals surface area contributed by atoms with Gasteiger partial charge in [0.25, 0.3) is 0 Å². The van der Waals surface area contributed by atoms with Crippen molar-refractivity contribution in [2.24, 2.45) is 10.8 Å². The zero-order chi connectivity index (χ0) is 29.8. The van der Waals surface area contributed by atoms with Gasteiger partial charge in [-0.15, -0.1) is 11.6 Å². The minimum Gasteiger partial charge on any atom is -0.438 e. The number of aromatic nitrogens is 2. The van der Waals surface area contributed by atoms with Crippen molar-refractivity contribution in [2.45, 2.75) is 72.1 Å². The minimum absolute atomic E-state index is 0.0941. The number of aliphatic hydroxyl groups excluding tert-OH is 1. The second-order valence-electron chi connectivity index (χ2n) is 11.1. The molecule has 2 rings (SSSR count). The summed E-state index contributed by atoms with van der Waals surface area (Å²) in [6.45, 7) is 8.09. The highest BCUT2D eigenvalue weighted by atomic mass is 35.5. The number of carbonyl (C=O) groups excluding carboxylic acids is 2. The van der Waals surface area contributed by atoms with Crippen molar-refractivity contribution in [3.63, 3.8) is 0 Å². The molecular formula is C23H36ClFN3O10P. The maximum absolute atomic E-state index is 15.2. The van der Waals surface area contributed by atoms with Crippen molar-refractivity contribution in [2.75, 3.05) is 31.4 Å². The van der Waals surface area contributed by atoms with Crippen LogP contribution in [0.25, 0.3) is 0 Å². The molecule has 0 amide bonds. The number of hydrogen-bond acceptors (Lipinski definition) is 12. The fourth-order valence-corrected chi connectivity index (χ4v) is 5.05. The van der Waals surface area contributed by atoms with Crippen molar-refractivity contribution in [3.05, 3.63) is 22.7 Å². The lowest BCUT2D eigenvalue weighted by Crippen LogP contribution is -2.44. The lowest BCUT2D eigenvalue weighted by molar-refractivity contribution is -0.162. The standard InChI is InChI=1S/C23H36ClFN3O10P/c1-21(2,3)18(30)34-12-36-39(33,37-13-35-19(31)22(4,5)6)10-8-23(11-24)16(29)15(25)17(38-23)28-9-7-14(26)27-20(28)32/h7,9,15-17,29H,8,10-13H2,1-6H3,(H2,26,27,32)/t15-,16+,17-,23+/m1/s1. The molecule has 2 heterocycles. The summed E-state index contributed by atoms with van der Waals surface area (Å²) in [5.41, 5.74) is 0.977. The quantitative estimate of drug-likeness (QED) is 0.165. The largest absolute Gasteiger partial charge is 0.438 e. The molecule has 3 N–H and O–H groups in total. The first-order valence-corrected chi connectivity index (χ1v) is 14.2. The Labute approximate surface area is 230 Å². The first-order chi connectivity index (χ1) is 17.8. The van der Waals surface area contributed by atoms with Crippen LogP contribution in [0.15, 0.2) is 17.1 Å². The van der Waals surface area contributed by atoms with Crippen LogP contribution in [0.2, 0.25) is 0 Å². The summed E-state index contributed by atoms with van der Waals surface area (Å²) in [5, 5.41) is 10.7. The molecule has 0 bridgehead atoms. The van der Waals surface area contributed by atoms with Gasteiger partial charge in [0.05, 0.1) is 22.9 Å². The molecular weight excluding hydrogens is 564 g/mol. The molecule has 1 fully saturated rings. The molecule has 1 aliphatic heterocycles. The predicted molar refractivity (Wildman–Crippen MR) is 137 cm³/mol. The molecule has 13 nitrogen and oxygen atoms in total. The molecule has 4 atom stereocenters. The fourth-order valence-electron chi connectivity index (χ4n) is 3.28. The van der Waals surface area contributed by atoms with E-state index in [-0.39, 0.29) is 12.2 Å². The van der Waals surface area contributed by atoms with E-state index in [4.69, 9.17) is 40.6 Å². The maximum atomic E-state index is 15.2. The van der Waals surface area contributed by atoms with Crippen LogP contribution in [-0.4, -0.2) is 70.1 Å². The lowest BCUT2D eigenvalue weighted by Gasteiger charge is -2.31. The fraction of sp³-hybridized carbons (Fsp3) is 0.739. The topological polar surface area (TPSA) is 178 Å². The number of nitrogens with two attached hydrogens (primary N) is 1. The number of halogens is 2. The van der Waals surface area contributed by atoms with Gasteiger partial charge in [-0.05, 0) is 54.0 Å². The van der Waals surface area contributed by atoms with Crippen molar-refractivity contribution in [1.29, 1.82) is 0 Å². The Hall–Kier alpha value is -2.09. The molecule has 1 aliphatic rings. The zero-order valence-electron chi connectivity index (χ0n) is 22.7. The molecule has 1 aromatic heterocycles. The Morgan fingerprint density at radius 3 is 2.13 bits per heavy atom. The van der Waals surface area contributed by atoms with Crippen LogP contribution in [0, 0.1) is 10.8 Å². The van der Waals surface area contributed by atoms with Crippen LogP contribution in [-0.2, 0) is 37.4 Å². The molecule has 16 heteroatoms. The number of aliphatic hydroxyl groups is 1. The number of hydrogen-bond donors (Lipinski definition) is 2. The van der Waals surface area contributed by atoms with Gasteiger partial charge in [0.2, 0.25) is 13.6 Å². The molecule has 0 radical (unpaired) electrons. The Kier molecular flexibility index (Phi) is 10.7. The third-order valence-corrected chi connectivity index (χ3v) is 7.95. The number of rotatable bonds is 11. The molecule has 1 aromatic rings. The van der Waals surface area contributed by atoms with Gasteiger partial charge < -0.3 is 25.1 Å². The van der Waals surface area contributed by atoms with Crippen LogP contribution in [0.1, 0.15) is 54.2 Å². The van der Waals surface area contributed by atoms with Crippen LogP contribution in [0.4, 0.5) is 10.2 Å². The highest BCUT2D eigenvalue weighted by molar-refractivity contribution is 7.53. The zero-order valence-corrected chi connectivity index (χ0v) is 24.4. The summed E-state index contributed by atoms with van der Waals surface area (Å²) < 4.78 is 55.8. The summed E-state index contributed by atoms with van der Waals surface area (Å²) in [4.78, 5) is 39.9. The molecule has 0 aromatic carbocycles. The van der Waals surface area contributed by atoms with E-state index in [0.29, 0.717) is 0 Å². The number of carbonyl (C=O) groups is 2.